The molecule has 2 aromatic rings. The summed E-state index contributed by atoms with van der Waals surface area (Å²) in [6.07, 6.45) is 4.72. The van der Waals surface area contributed by atoms with Crippen LogP contribution in [-0.4, -0.2) is 70.2 Å². The highest BCUT2D eigenvalue weighted by molar-refractivity contribution is 6.30. The molecule has 2 atom stereocenters. The minimum atomic E-state index is -0.224. The lowest BCUT2D eigenvalue weighted by atomic mass is 9.61. The Morgan fingerprint density at radius 2 is 1.76 bits per heavy atom. The molecule has 1 aromatic heterocycles. The molecule has 2 saturated heterocycles. The van der Waals surface area contributed by atoms with Crippen molar-refractivity contribution < 1.29 is 9.53 Å². The van der Waals surface area contributed by atoms with Crippen LogP contribution in [0.5, 0.6) is 0 Å². The van der Waals surface area contributed by atoms with Crippen LogP contribution in [0.4, 0.5) is 10.7 Å². The Kier molecular flexibility index (Phi) is 6.09. The molecule has 3 heterocycles. The molecule has 0 N–H and O–H groups in total. The fraction of sp³-hybridized carbons (Fsp3) is 0.520. The van der Waals surface area contributed by atoms with Gasteiger partial charge in [0.25, 0.3) is 0 Å². The standard InChI is InChI=1S/C25H29ClN6O2/c1-17-12-31(23-28-10-20(9-27)11-29-23)13-18(2)32(17)24(33)34-22-7-25(8-22)15-30(16-25)14-19-3-5-21(26)6-4-19/h3-6,10-11,17-18,22H,7-8,12-16H2,1-2H3/t17-,18+. The number of amides is 1. The first-order valence-corrected chi connectivity index (χ1v) is 12.1. The smallest absolute Gasteiger partial charge is 0.410 e. The van der Waals surface area contributed by atoms with E-state index in [2.05, 4.69) is 31.9 Å². The summed E-state index contributed by atoms with van der Waals surface area (Å²) in [5.41, 5.74) is 2.01. The lowest BCUT2D eigenvalue weighted by Gasteiger charge is -2.58. The van der Waals surface area contributed by atoms with Gasteiger partial charge in [0.05, 0.1) is 30.0 Å². The summed E-state index contributed by atoms with van der Waals surface area (Å²) in [5, 5.41) is 9.70. The van der Waals surface area contributed by atoms with Gasteiger partial charge < -0.3 is 9.64 Å². The van der Waals surface area contributed by atoms with E-state index in [9.17, 15) is 4.79 Å². The summed E-state index contributed by atoms with van der Waals surface area (Å²) in [4.78, 5) is 27.9. The lowest BCUT2D eigenvalue weighted by Crippen LogP contribution is -2.65. The van der Waals surface area contributed by atoms with Crippen LogP contribution in [-0.2, 0) is 11.3 Å². The van der Waals surface area contributed by atoms with E-state index in [0.717, 1.165) is 37.5 Å². The van der Waals surface area contributed by atoms with Crippen molar-refractivity contribution in [1.82, 2.24) is 19.8 Å². The number of carbonyl (C=O) groups is 1. The first-order chi connectivity index (χ1) is 16.3. The Labute approximate surface area is 205 Å². The number of benzene rings is 1. The fourth-order valence-electron chi connectivity index (χ4n) is 5.70. The number of likely N-dealkylation sites (tertiary alicyclic amines) is 1. The summed E-state index contributed by atoms with van der Waals surface area (Å²) in [6, 6.07) is 10.0. The number of ether oxygens (including phenoxy) is 1. The Morgan fingerprint density at radius 1 is 1.15 bits per heavy atom. The van der Waals surface area contributed by atoms with Crippen LogP contribution in [0, 0.1) is 16.7 Å². The molecule has 178 valence electrons. The summed E-state index contributed by atoms with van der Waals surface area (Å²) in [7, 11) is 0. The van der Waals surface area contributed by atoms with Gasteiger partial charge in [-0.05, 0) is 44.4 Å². The average Bonchev–Trinajstić information content (AvgIpc) is 2.77. The number of hydrogen-bond donors (Lipinski definition) is 0. The van der Waals surface area contributed by atoms with Gasteiger partial charge in [0.15, 0.2) is 0 Å². The van der Waals surface area contributed by atoms with Crippen molar-refractivity contribution in [2.75, 3.05) is 31.1 Å². The van der Waals surface area contributed by atoms with E-state index < -0.39 is 0 Å². The maximum absolute atomic E-state index is 13.0. The Balaban J connectivity index is 1.08. The number of halogens is 1. The van der Waals surface area contributed by atoms with Gasteiger partial charge in [-0.1, -0.05) is 23.7 Å². The van der Waals surface area contributed by atoms with E-state index >= 15 is 0 Å². The Hall–Kier alpha value is -2.89. The van der Waals surface area contributed by atoms with E-state index in [0.29, 0.717) is 30.0 Å². The maximum atomic E-state index is 13.0. The maximum Gasteiger partial charge on any atom is 0.410 e. The van der Waals surface area contributed by atoms with Gasteiger partial charge in [-0.25, -0.2) is 14.8 Å². The minimum absolute atomic E-state index is 0.00414. The van der Waals surface area contributed by atoms with Crippen LogP contribution >= 0.6 is 11.6 Å². The average molecular weight is 481 g/mol. The zero-order valence-electron chi connectivity index (χ0n) is 19.5. The number of nitriles is 1. The minimum Gasteiger partial charge on any atom is -0.446 e. The second-order valence-corrected chi connectivity index (χ2v) is 10.5. The molecule has 0 bridgehead atoms. The van der Waals surface area contributed by atoms with Crippen molar-refractivity contribution in [3.05, 3.63) is 52.8 Å². The van der Waals surface area contributed by atoms with Gasteiger partial charge in [0.2, 0.25) is 5.95 Å². The third kappa shape index (κ3) is 4.55. The molecule has 34 heavy (non-hydrogen) atoms. The van der Waals surface area contributed by atoms with E-state index in [1.54, 1.807) is 0 Å². The number of aromatic nitrogens is 2. The molecule has 1 aromatic carbocycles. The summed E-state index contributed by atoms with van der Waals surface area (Å²) >= 11 is 5.97. The normalized spacial score (nSPS) is 24.3. The quantitative estimate of drug-likeness (QED) is 0.659. The third-order valence-corrected chi connectivity index (χ3v) is 7.46. The molecule has 1 amide bonds. The molecule has 5 rings (SSSR count). The number of hydrogen-bond acceptors (Lipinski definition) is 7. The molecule has 3 aliphatic rings. The highest BCUT2D eigenvalue weighted by atomic mass is 35.5. The highest BCUT2D eigenvalue weighted by Crippen LogP contribution is 2.50. The van der Waals surface area contributed by atoms with Crippen molar-refractivity contribution in [1.29, 1.82) is 5.26 Å². The summed E-state index contributed by atoms with van der Waals surface area (Å²) in [5.74, 6) is 0.583. The molecule has 9 heteroatoms. The molecule has 3 fully saturated rings. The van der Waals surface area contributed by atoms with Gasteiger partial charge in [0, 0.05) is 43.2 Å². The Morgan fingerprint density at radius 3 is 2.35 bits per heavy atom. The molecular weight excluding hydrogens is 452 g/mol. The van der Waals surface area contributed by atoms with Gasteiger partial charge in [-0.2, -0.15) is 5.26 Å². The second kappa shape index (κ2) is 9.05. The summed E-state index contributed by atoms with van der Waals surface area (Å²) < 4.78 is 5.90. The van der Waals surface area contributed by atoms with E-state index in [4.69, 9.17) is 21.6 Å². The molecule has 0 radical (unpaired) electrons. The highest BCUT2D eigenvalue weighted by Gasteiger charge is 2.54. The summed E-state index contributed by atoms with van der Waals surface area (Å²) in [6.45, 7) is 8.34. The molecule has 1 spiro atoms. The predicted molar refractivity (Wildman–Crippen MR) is 128 cm³/mol. The SMILES string of the molecule is C[C@@H]1CN(c2ncc(C#N)cn2)C[C@H](C)N1C(=O)OC1CC2(C1)CN(Cc1ccc(Cl)cc1)C2. The van der Waals surface area contributed by atoms with Gasteiger partial charge in [0.1, 0.15) is 12.2 Å². The largest absolute Gasteiger partial charge is 0.446 e. The molecule has 1 saturated carbocycles. The molecule has 2 aliphatic heterocycles. The second-order valence-electron chi connectivity index (χ2n) is 10.1. The first kappa shape index (κ1) is 22.9. The monoisotopic (exact) mass is 480 g/mol. The first-order valence-electron chi connectivity index (χ1n) is 11.8. The Bertz CT molecular complexity index is 1060. The van der Waals surface area contributed by atoms with Crippen LogP contribution in [0.2, 0.25) is 5.02 Å². The molecule has 1 aliphatic carbocycles. The third-order valence-electron chi connectivity index (χ3n) is 7.21. The number of nitrogens with zero attached hydrogens (tertiary/aromatic N) is 6. The topological polar surface area (TPSA) is 85.6 Å². The van der Waals surface area contributed by atoms with Crippen molar-refractivity contribution in [3.8, 4) is 6.07 Å². The van der Waals surface area contributed by atoms with Gasteiger partial charge in [-0.15, -0.1) is 0 Å². The van der Waals surface area contributed by atoms with Crippen LogP contribution in [0.25, 0.3) is 0 Å². The van der Waals surface area contributed by atoms with E-state index in [1.807, 2.05) is 36.9 Å². The van der Waals surface area contributed by atoms with Crippen molar-refractivity contribution in [3.63, 3.8) is 0 Å². The molecular formula is C25H29ClN6O2. The lowest BCUT2D eigenvalue weighted by molar-refractivity contribution is -0.137. The van der Waals surface area contributed by atoms with E-state index in [1.165, 1.54) is 18.0 Å². The number of carbonyl (C=O) groups excluding carboxylic acids is 1. The van der Waals surface area contributed by atoms with Gasteiger partial charge >= 0.3 is 6.09 Å². The zero-order valence-corrected chi connectivity index (χ0v) is 20.3. The molecule has 0 unspecified atom stereocenters. The fourth-order valence-corrected chi connectivity index (χ4v) is 5.83. The number of rotatable bonds is 4. The predicted octanol–water partition coefficient (Wildman–Crippen LogP) is 3.70. The zero-order chi connectivity index (χ0) is 23.9. The van der Waals surface area contributed by atoms with Crippen LogP contribution in [0.3, 0.4) is 0 Å². The van der Waals surface area contributed by atoms with Crippen molar-refractivity contribution in [2.45, 2.75) is 51.4 Å². The van der Waals surface area contributed by atoms with Gasteiger partial charge in [-0.3, -0.25) is 9.80 Å². The molecule has 8 nitrogen and oxygen atoms in total. The number of piperazine rings is 1. The van der Waals surface area contributed by atoms with Crippen molar-refractivity contribution in [2.24, 2.45) is 5.41 Å². The van der Waals surface area contributed by atoms with Crippen LogP contribution < -0.4 is 4.90 Å². The number of anilines is 1. The van der Waals surface area contributed by atoms with Crippen LogP contribution in [0.1, 0.15) is 37.8 Å². The van der Waals surface area contributed by atoms with E-state index in [-0.39, 0.29) is 24.3 Å². The van der Waals surface area contributed by atoms with Crippen LogP contribution in [0.15, 0.2) is 36.7 Å². The van der Waals surface area contributed by atoms with Crippen molar-refractivity contribution >= 4 is 23.6 Å².